The van der Waals surface area contributed by atoms with E-state index in [0.717, 1.165) is 12.8 Å². The fourth-order valence-electron chi connectivity index (χ4n) is 3.98. The molecule has 1 atom stereocenters. The highest BCUT2D eigenvalue weighted by molar-refractivity contribution is 5.75. The molecule has 2 heteroatoms. The molecular formula is C24H26N2. The van der Waals surface area contributed by atoms with E-state index in [4.69, 9.17) is 0 Å². The van der Waals surface area contributed by atoms with Crippen molar-refractivity contribution in [3.63, 3.8) is 0 Å². The highest BCUT2D eigenvalue weighted by Crippen LogP contribution is 2.37. The van der Waals surface area contributed by atoms with Crippen LogP contribution in [0.4, 0.5) is 0 Å². The molecule has 1 unspecified atom stereocenters. The molecular weight excluding hydrogens is 316 g/mol. The van der Waals surface area contributed by atoms with Crippen molar-refractivity contribution in [2.24, 2.45) is 4.99 Å². The first kappa shape index (κ1) is 16.8. The molecule has 0 spiro atoms. The molecule has 26 heavy (non-hydrogen) atoms. The van der Waals surface area contributed by atoms with Gasteiger partial charge < -0.3 is 4.90 Å². The van der Waals surface area contributed by atoms with Crippen LogP contribution in [0.2, 0.25) is 0 Å². The lowest BCUT2D eigenvalue weighted by Crippen LogP contribution is -2.23. The number of hydrogen-bond donors (Lipinski definition) is 0. The molecule has 1 aliphatic heterocycles. The molecule has 2 aromatic carbocycles. The maximum Gasteiger partial charge on any atom is 0.117 e. The molecule has 0 radical (unpaired) electrons. The molecule has 132 valence electrons. The minimum absolute atomic E-state index is 0.319. The number of allylic oxidation sites excluding steroid dienone is 3. The van der Waals surface area contributed by atoms with Crippen molar-refractivity contribution in [1.29, 1.82) is 0 Å². The van der Waals surface area contributed by atoms with Crippen molar-refractivity contribution in [1.82, 2.24) is 4.90 Å². The number of benzene rings is 2. The number of aryl methyl sites for hydroxylation is 1. The van der Waals surface area contributed by atoms with Gasteiger partial charge in [0, 0.05) is 19.5 Å². The number of fused-ring (bicyclic) bond motifs is 5. The standard InChI is InChI=1S/C18H16.C6H10N2/c1-3-7-15-13(5-1)9-11-18-16-8-4-2-6-14(16)10-12-17(15)18;1-6-7-4-3-5-8(6)2/h1-5,7,10,12H,6,8-9,11H2;3-6H,1-2H3. The molecule has 5 rings (SSSR count). The minimum atomic E-state index is 0.319. The maximum atomic E-state index is 4.12. The molecule has 0 aromatic heterocycles. The predicted molar refractivity (Wildman–Crippen MR) is 111 cm³/mol. The molecule has 0 saturated heterocycles. The Bertz CT molecular complexity index is 873. The molecule has 0 bridgehead atoms. The Hall–Kier alpha value is -2.61. The molecule has 0 N–H and O–H groups in total. The van der Waals surface area contributed by atoms with Crippen molar-refractivity contribution in [3.05, 3.63) is 83.1 Å². The summed E-state index contributed by atoms with van der Waals surface area (Å²) < 4.78 is 0. The number of aliphatic imine (C=N–C) groups is 1. The average Bonchev–Trinajstić information content (AvgIpc) is 2.70. The van der Waals surface area contributed by atoms with Crippen LogP contribution in [0.25, 0.3) is 11.1 Å². The summed E-state index contributed by atoms with van der Waals surface area (Å²) in [6.45, 7) is 2.06. The van der Waals surface area contributed by atoms with Gasteiger partial charge in [0.25, 0.3) is 0 Å². The monoisotopic (exact) mass is 342 g/mol. The van der Waals surface area contributed by atoms with E-state index in [1.54, 1.807) is 11.1 Å². The second kappa shape index (κ2) is 7.33. The van der Waals surface area contributed by atoms with E-state index in [2.05, 4.69) is 65.4 Å². The lowest BCUT2D eigenvalue weighted by Gasteiger charge is -2.25. The molecule has 3 aliphatic rings. The molecule has 0 amide bonds. The minimum Gasteiger partial charge on any atom is -0.359 e. The molecule has 0 fully saturated rings. The van der Waals surface area contributed by atoms with E-state index in [0.29, 0.717) is 6.17 Å². The van der Waals surface area contributed by atoms with Crippen LogP contribution in [0.15, 0.2) is 65.8 Å². The van der Waals surface area contributed by atoms with E-state index in [-0.39, 0.29) is 0 Å². The highest BCUT2D eigenvalue weighted by atomic mass is 15.2. The molecule has 0 saturated carbocycles. The van der Waals surface area contributed by atoms with E-state index < -0.39 is 0 Å². The summed E-state index contributed by atoms with van der Waals surface area (Å²) in [4.78, 5) is 6.18. The smallest absolute Gasteiger partial charge is 0.117 e. The van der Waals surface area contributed by atoms with Gasteiger partial charge in [0.1, 0.15) is 6.17 Å². The third-order valence-corrected chi connectivity index (χ3v) is 5.60. The zero-order chi connectivity index (χ0) is 17.9. The van der Waals surface area contributed by atoms with Gasteiger partial charge in [0.15, 0.2) is 0 Å². The third-order valence-electron chi connectivity index (χ3n) is 5.60. The van der Waals surface area contributed by atoms with Crippen LogP contribution >= 0.6 is 0 Å². The zero-order valence-electron chi connectivity index (χ0n) is 15.7. The molecule has 1 heterocycles. The largest absolute Gasteiger partial charge is 0.359 e. The van der Waals surface area contributed by atoms with E-state index in [1.807, 2.05) is 25.5 Å². The third kappa shape index (κ3) is 3.24. The van der Waals surface area contributed by atoms with Gasteiger partial charge in [-0.2, -0.15) is 0 Å². The Morgan fingerprint density at radius 2 is 1.73 bits per heavy atom. The fourth-order valence-corrected chi connectivity index (χ4v) is 3.98. The van der Waals surface area contributed by atoms with Crippen LogP contribution in [0.5, 0.6) is 0 Å². The van der Waals surface area contributed by atoms with Crippen LogP contribution < -0.4 is 0 Å². The maximum absolute atomic E-state index is 4.12. The summed E-state index contributed by atoms with van der Waals surface area (Å²) in [5.74, 6) is 0. The Kier molecular flexibility index (Phi) is 4.75. The summed E-state index contributed by atoms with van der Waals surface area (Å²) in [5, 5.41) is 0. The van der Waals surface area contributed by atoms with Crippen molar-refractivity contribution in [2.45, 2.75) is 38.8 Å². The molecule has 2 nitrogen and oxygen atoms in total. The first-order valence-electron chi connectivity index (χ1n) is 9.53. The topological polar surface area (TPSA) is 15.6 Å². The van der Waals surface area contributed by atoms with Gasteiger partial charge in [-0.15, -0.1) is 0 Å². The predicted octanol–water partition coefficient (Wildman–Crippen LogP) is 4.97. The van der Waals surface area contributed by atoms with E-state index >= 15 is 0 Å². The normalized spacial score (nSPS) is 19.2. The van der Waals surface area contributed by atoms with Crippen molar-refractivity contribution >= 4 is 6.21 Å². The van der Waals surface area contributed by atoms with Gasteiger partial charge in [0.05, 0.1) is 0 Å². The van der Waals surface area contributed by atoms with E-state index in [9.17, 15) is 0 Å². The Balaban J connectivity index is 0.000000178. The van der Waals surface area contributed by atoms with Crippen LogP contribution in [0, 0.1) is 0 Å². The van der Waals surface area contributed by atoms with Crippen LogP contribution in [-0.2, 0) is 25.7 Å². The van der Waals surface area contributed by atoms with Crippen LogP contribution in [0.1, 0.15) is 29.2 Å². The lowest BCUT2D eigenvalue weighted by atomic mass is 9.79. The molecule has 2 aromatic rings. The Morgan fingerprint density at radius 3 is 2.54 bits per heavy atom. The fraction of sp³-hybridized carbons (Fsp3) is 0.292. The van der Waals surface area contributed by atoms with Gasteiger partial charge in [-0.3, -0.25) is 4.99 Å². The average molecular weight is 342 g/mol. The van der Waals surface area contributed by atoms with Crippen molar-refractivity contribution in [3.8, 4) is 11.1 Å². The van der Waals surface area contributed by atoms with Crippen LogP contribution in [0.3, 0.4) is 0 Å². The summed E-state index contributed by atoms with van der Waals surface area (Å²) >= 11 is 0. The summed E-state index contributed by atoms with van der Waals surface area (Å²) in [6, 6.07) is 13.5. The lowest BCUT2D eigenvalue weighted by molar-refractivity contribution is 0.360. The zero-order valence-corrected chi connectivity index (χ0v) is 15.7. The van der Waals surface area contributed by atoms with E-state index in [1.165, 1.54) is 35.1 Å². The Morgan fingerprint density at radius 1 is 0.885 bits per heavy atom. The van der Waals surface area contributed by atoms with Gasteiger partial charge in [-0.1, -0.05) is 48.6 Å². The second-order valence-electron chi connectivity index (χ2n) is 7.20. The quantitative estimate of drug-likeness (QED) is 0.617. The number of hydrogen-bond acceptors (Lipinski definition) is 2. The summed E-state index contributed by atoms with van der Waals surface area (Å²) in [7, 11) is 2.01. The summed E-state index contributed by atoms with van der Waals surface area (Å²) in [6.07, 6.45) is 15.4. The van der Waals surface area contributed by atoms with Gasteiger partial charge in [-0.05, 0) is 72.1 Å². The van der Waals surface area contributed by atoms with Gasteiger partial charge >= 0.3 is 0 Å². The van der Waals surface area contributed by atoms with Gasteiger partial charge in [0.2, 0.25) is 0 Å². The number of nitrogens with zero attached hydrogens (tertiary/aromatic N) is 2. The van der Waals surface area contributed by atoms with Gasteiger partial charge in [-0.25, -0.2) is 0 Å². The summed E-state index contributed by atoms with van der Waals surface area (Å²) in [5.41, 5.74) is 9.19. The first-order valence-corrected chi connectivity index (χ1v) is 9.53. The highest BCUT2D eigenvalue weighted by Gasteiger charge is 2.20. The number of rotatable bonds is 0. The molecule has 2 aliphatic carbocycles. The Labute approximate surface area is 156 Å². The van der Waals surface area contributed by atoms with Crippen molar-refractivity contribution in [2.75, 3.05) is 7.05 Å². The SMILES string of the molecule is C1=CCc2c(ccc3c2CCc2ccccc2-3)C1.CC1N=CC=CN1C. The van der Waals surface area contributed by atoms with Crippen molar-refractivity contribution < 1.29 is 0 Å². The van der Waals surface area contributed by atoms with Crippen LogP contribution in [-0.4, -0.2) is 24.3 Å². The first-order chi connectivity index (χ1) is 12.7. The second-order valence-corrected chi connectivity index (χ2v) is 7.20.